The maximum atomic E-state index is 11.6. The Bertz CT molecular complexity index is 448. The summed E-state index contributed by atoms with van der Waals surface area (Å²) in [4.78, 5) is 26.5. The molecule has 106 valence electrons. The van der Waals surface area contributed by atoms with Crippen LogP contribution in [0.25, 0.3) is 0 Å². The lowest BCUT2D eigenvalue weighted by Crippen LogP contribution is -2.30. The number of carbonyl (C=O) groups is 2. The molecule has 0 aliphatic rings. The Kier molecular flexibility index (Phi) is 5.02. The van der Waals surface area contributed by atoms with E-state index in [0.717, 1.165) is 0 Å². The molecule has 0 atom stereocenters. The quantitative estimate of drug-likeness (QED) is 0.791. The molecule has 7 nitrogen and oxygen atoms in total. The van der Waals surface area contributed by atoms with Gasteiger partial charge in [-0.3, -0.25) is 9.48 Å². The summed E-state index contributed by atoms with van der Waals surface area (Å²) in [5.41, 5.74) is -0.0323. The Balaban J connectivity index is 2.35. The predicted octanol–water partition coefficient (Wildman–Crippen LogP) is 0.617. The van der Waals surface area contributed by atoms with E-state index in [1.54, 1.807) is 0 Å². The number of hydrogen-bond donors (Lipinski definition) is 1. The van der Waals surface area contributed by atoms with Gasteiger partial charge in [0.1, 0.15) is 6.33 Å². The Hall–Kier alpha value is -1.92. The normalized spacial score (nSPS) is 11.2. The summed E-state index contributed by atoms with van der Waals surface area (Å²) in [7, 11) is 1.27. The minimum atomic E-state index is -0.574. The highest BCUT2D eigenvalue weighted by Crippen LogP contribution is 2.17. The smallest absolute Gasteiger partial charge is 0.377 e. The lowest BCUT2D eigenvalue weighted by molar-refractivity contribution is -0.122. The molecule has 1 rings (SSSR count). The van der Waals surface area contributed by atoms with Gasteiger partial charge in [0.25, 0.3) is 5.82 Å². The molecule has 0 spiro atoms. The fourth-order valence-corrected chi connectivity index (χ4v) is 1.44. The minimum absolute atomic E-state index is 0.000747. The van der Waals surface area contributed by atoms with E-state index in [0.29, 0.717) is 19.5 Å². The van der Waals surface area contributed by atoms with Crippen LogP contribution >= 0.6 is 0 Å². The number of rotatable bonds is 5. The summed E-state index contributed by atoms with van der Waals surface area (Å²) >= 11 is 0. The monoisotopic (exact) mass is 268 g/mol. The van der Waals surface area contributed by atoms with Crippen LogP contribution in [-0.4, -0.2) is 40.3 Å². The third-order valence-corrected chi connectivity index (χ3v) is 2.26. The van der Waals surface area contributed by atoms with Gasteiger partial charge in [-0.25, -0.2) is 9.78 Å². The van der Waals surface area contributed by atoms with Crippen LogP contribution in [0, 0.1) is 5.41 Å². The summed E-state index contributed by atoms with van der Waals surface area (Å²) in [6.45, 7) is 6.92. The number of methoxy groups -OCH3 is 1. The number of hydrogen-bond acceptors (Lipinski definition) is 5. The van der Waals surface area contributed by atoms with Gasteiger partial charge in [0.05, 0.1) is 13.7 Å². The van der Waals surface area contributed by atoms with Crippen molar-refractivity contribution in [2.45, 2.75) is 33.7 Å². The maximum absolute atomic E-state index is 11.6. The summed E-state index contributed by atoms with van der Waals surface area (Å²) in [5.74, 6) is -0.556. The third-order valence-electron chi connectivity index (χ3n) is 2.26. The number of esters is 1. The Labute approximate surface area is 112 Å². The molecule has 1 heterocycles. The van der Waals surface area contributed by atoms with Gasteiger partial charge in [0.15, 0.2) is 0 Å². The predicted molar refractivity (Wildman–Crippen MR) is 68.4 cm³/mol. The largest absolute Gasteiger partial charge is 0.463 e. The van der Waals surface area contributed by atoms with Crippen molar-refractivity contribution >= 4 is 11.9 Å². The van der Waals surface area contributed by atoms with Gasteiger partial charge in [-0.05, 0) is 5.41 Å². The van der Waals surface area contributed by atoms with Crippen LogP contribution in [-0.2, 0) is 16.1 Å². The average Bonchev–Trinajstić information content (AvgIpc) is 2.74. The molecular weight excluding hydrogens is 248 g/mol. The second kappa shape index (κ2) is 6.31. The number of ether oxygens (including phenoxy) is 1. The number of carbonyl (C=O) groups excluding carboxylic acids is 2. The zero-order chi connectivity index (χ0) is 14.5. The molecule has 1 amide bonds. The number of amides is 1. The van der Waals surface area contributed by atoms with Gasteiger partial charge in [-0.15, -0.1) is 5.10 Å². The molecule has 0 saturated heterocycles. The van der Waals surface area contributed by atoms with Crippen LogP contribution in [0.2, 0.25) is 0 Å². The van der Waals surface area contributed by atoms with Crippen LogP contribution in [0.4, 0.5) is 0 Å². The molecule has 1 aromatic rings. The van der Waals surface area contributed by atoms with Crippen LogP contribution in [0.3, 0.4) is 0 Å². The fraction of sp³-hybridized carbons (Fsp3) is 0.667. The van der Waals surface area contributed by atoms with E-state index in [1.165, 1.54) is 18.1 Å². The minimum Gasteiger partial charge on any atom is -0.463 e. The van der Waals surface area contributed by atoms with Crippen LogP contribution in [0.1, 0.15) is 37.8 Å². The van der Waals surface area contributed by atoms with E-state index in [2.05, 4.69) is 20.1 Å². The molecule has 1 N–H and O–H groups in total. The van der Waals surface area contributed by atoms with Gasteiger partial charge in [-0.2, -0.15) is 0 Å². The number of aromatic nitrogens is 3. The van der Waals surface area contributed by atoms with Crippen molar-refractivity contribution in [3.05, 3.63) is 12.2 Å². The van der Waals surface area contributed by atoms with Crippen molar-refractivity contribution in [3.8, 4) is 0 Å². The van der Waals surface area contributed by atoms with Crippen molar-refractivity contribution in [3.63, 3.8) is 0 Å². The summed E-state index contributed by atoms with van der Waals surface area (Å²) in [5, 5.41) is 6.73. The molecule has 0 bridgehead atoms. The van der Waals surface area contributed by atoms with E-state index in [4.69, 9.17) is 0 Å². The summed E-state index contributed by atoms with van der Waals surface area (Å²) in [6, 6.07) is 0. The van der Waals surface area contributed by atoms with E-state index >= 15 is 0 Å². The van der Waals surface area contributed by atoms with Gasteiger partial charge >= 0.3 is 5.97 Å². The fourth-order valence-electron chi connectivity index (χ4n) is 1.44. The number of nitrogens with one attached hydrogen (secondary N) is 1. The molecule has 0 aliphatic carbocycles. The molecule has 0 radical (unpaired) electrons. The van der Waals surface area contributed by atoms with Gasteiger partial charge in [0.2, 0.25) is 5.91 Å². The molecule has 0 aliphatic heterocycles. The topological polar surface area (TPSA) is 86.1 Å². The number of nitrogens with zero attached hydrogens (tertiary/aromatic N) is 3. The zero-order valence-corrected chi connectivity index (χ0v) is 11.8. The zero-order valence-electron chi connectivity index (χ0n) is 11.8. The van der Waals surface area contributed by atoms with Crippen molar-refractivity contribution in [1.29, 1.82) is 0 Å². The van der Waals surface area contributed by atoms with Gasteiger partial charge < -0.3 is 10.1 Å². The van der Waals surface area contributed by atoms with Crippen molar-refractivity contribution in [1.82, 2.24) is 20.1 Å². The lowest BCUT2D eigenvalue weighted by atomic mass is 9.92. The third kappa shape index (κ3) is 5.50. The molecule has 0 saturated carbocycles. The Morgan fingerprint density at radius 1 is 1.42 bits per heavy atom. The highest BCUT2D eigenvalue weighted by atomic mass is 16.5. The highest BCUT2D eigenvalue weighted by Gasteiger charge is 2.15. The molecule has 1 aromatic heterocycles. The molecule has 0 fully saturated rings. The second-order valence-corrected chi connectivity index (χ2v) is 5.41. The van der Waals surface area contributed by atoms with Crippen LogP contribution < -0.4 is 5.32 Å². The summed E-state index contributed by atoms with van der Waals surface area (Å²) < 4.78 is 5.99. The first-order valence-electron chi connectivity index (χ1n) is 6.06. The van der Waals surface area contributed by atoms with E-state index in [1.807, 2.05) is 20.8 Å². The lowest BCUT2D eigenvalue weighted by Gasteiger charge is -2.17. The standard InChI is InChI=1S/C12H20N4O3/c1-12(2,3)7-9(17)13-5-6-16-8-14-10(15-16)11(18)19-4/h8H,5-7H2,1-4H3,(H,13,17). The molecule has 7 heteroatoms. The van der Waals surface area contributed by atoms with E-state index < -0.39 is 5.97 Å². The molecule has 19 heavy (non-hydrogen) atoms. The van der Waals surface area contributed by atoms with E-state index in [-0.39, 0.29) is 17.1 Å². The van der Waals surface area contributed by atoms with Crippen molar-refractivity contribution < 1.29 is 14.3 Å². The summed E-state index contributed by atoms with van der Waals surface area (Å²) in [6.07, 6.45) is 1.90. The first-order valence-corrected chi connectivity index (χ1v) is 6.06. The molecular formula is C12H20N4O3. The average molecular weight is 268 g/mol. The van der Waals surface area contributed by atoms with E-state index in [9.17, 15) is 9.59 Å². The van der Waals surface area contributed by atoms with Gasteiger partial charge in [0, 0.05) is 13.0 Å². The van der Waals surface area contributed by atoms with Gasteiger partial charge in [-0.1, -0.05) is 20.8 Å². The first kappa shape index (κ1) is 15.1. The highest BCUT2D eigenvalue weighted by molar-refractivity contribution is 5.84. The molecule has 0 unspecified atom stereocenters. The maximum Gasteiger partial charge on any atom is 0.377 e. The Morgan fingerprint density at radius 2 is 2.11 bits per heavy atom. The molecule has 0 aromatic carbocycles. The van der Waals surface area contributed by atoms with Crippen molar-refractivity contribution in [2.24, 2.45) is 5.41 Å². The first-order chi connectivity index (χ1) is 8.81. The SMILES string of the molecule is COC(=O)c1ncn(CCNC(=O)CC(C)(C)C)n1. The second-order valence-electron chi connectivity index (χ2n) is 5.41. The van der Waals surface area contributed by atoms with Crippen LogP contribution in [0.5, 0.6) is 0 Å². The van der Waals surface area contributed by atoms with Crippen LogP contribution in [0.15, 0.2) is 6.33 Å². The Morgan fingerprint density at radius 3 is 2.68 bits per heavy atom. The van der Waals surface area contributed by atoms with Crippen molar-refractivity contribution in [2.75, 3.05) is 13.7 Å².